The number of aryl methyl sites for hydroxylation is 1. The van der Waals surface area contributed by atoms with Crippen molar-refractivity contribution < 1.29 is 12.8 Å². The second-order valence-corrected chi connectivity index (χ2v) is 9.21. The van der Waals surface area contributed by atoms with Gasteiger partial charge < -0.3 is 0 Å². The Morgan fingerprint density at radius 3 is 2.46 bits per heavy atom. The third-order valence-electron chi connectivity index (χ3n) is 5.50. The van der Waals surface area contributed by atoms with Crippen molar-refractivity contribution in [2.45, 2.75) is 50.3 Å². The SMILES string of the molecule is CCCCc1ccc(S(=O)(=O)N2CCC(C3C=CCC=C3F)CC2)cc1. The maximum atomic E-state index is 14.0. The molecule has 142 valence electrons. The Hall–Kier alpha value is -1.46. The van der Waals surface area contributed by atoms with Gasteiger partial charge in [-0.2, -0.15) is 4.31 Å². The first-order chi connectivity index (χ1) is 12.5. The molecule has 1 aliphatic heterocycles. The molecule has 1 unspecified atom stereocenters. The van der Waals surface area contributed by atoms with Crippen molar-refractivity contribution >= 4 is 10.0 Å². The van der Waals surface area contributed by atoms with Gasteiger partial charge in [0.15, 0.2) is 0 Å². The largest absolute Gasteiger partial charge is 0.243 e. The zero-order chi connectivity index (χ0) is 18.6. The van der Waals surface area contributed by atoms with Crippen LogP contribution in [0.4, 0.5) is 4.39 Å². The van der Waals surface area contributed by atoms with Gasteiger partial charge in [-0.25, -0.2) is 12.8 Å². The van der Waals surface area contributed by atoms with Gasteiger partial charge in [-0.05, 0) is 61.8 Å². The molecule has 2 aliphatic rings. The van der Waals surface area contributed by atoms with E-state index in [9.17, 15) is 12.8 Å². The standard InChI is InChI=1S/C21H28FNO2S/c1-2-3-6-17-9-11-19(12-10-17)26(24,25)23-15-13-18(14-16-23)20-7-4-5-8-21(20)22/h4,7-12,18,20H,2-3,5-6,13-16H2,1H3. The highest BCUT2D eigenvalue weighted by Crippen LogP contribution is 2.35. The molecule has 0 amide bonds. The average molecular weight is 378 g/mol. The molecule has 1 saturated heterocycles. The third-order valence-corrected chi connectivity index (χ3v) is 7.41. The first-order valence-corrected chi connectivity index (χ1v) is 11.1. The predicted molar refractivity (Wildman–Crippen MR) is 103 cm³/mol. The molecule has 5 heteroatoms. The summed E-state index contributed by atoms with van der Waals surface area (Å²) in [4.78, 5) is 0.361. The van der Waals surface area contributed by atoms with Gasteiger partial charge in [0.2, 0.25) is 10.0 Å². The van der Waals surface area contributed by atoms with Crippen molar-refractivity contribution in [3.63, 3.8) is 0 Å². The van der Waals surface area contributed by atoms with E-state index in [1.54, 1.807) is 22.5 Å². The van der Waals surface area contributed by atoms with E-state index in [0.29, 0.717) is 37.2 Å². The lowest BCUT2D eigenvalue weighted by Gasteiger charge is -2.34. The molecule has 0 saturated carbocycles. The third kappa shape index (κ3) is 4.26. The minimum atomic E-state index is -3.46. The van der Waals surface area contributed by atoms with E-state index in [4.69, 9.17) is 0 Å². The highest BCUT2D eigenvalue weighted by atomic mass is 32.2. The van der Waals surface area contributed by atoms with Crippen LogP contribution in [-0.4, -0.2) is 25.8 Å². The number of nitrogens with zero attached hydrogens (tertiary/aromatic N) is 1. The van der Waals surface area contributed by atoms with E-state index >= 15 is 0 Å². The monoisotopic (exact) mass is 377 g/mol. The van der Waals surface area contributed by atoms with Crippen LogP contribution < -0.4 is 0 Å². The molecular weight excluding hydrogens is 349 g/mol. The molecule has 3 nitrogen and oxygen atoms in total. The molecule has 1 aromatic carbocycles. The summed E-state index contributed by atoms with van der Waals surface area (Å²) in [7, 11) is -3.46. The topological polar surface area (TPSA) is 37.4 Å². The molecule has 0 bridgehead atoms. The van der Waals surface area contributed by atoms with Gasteiger partial charge in [-0.3, -0.25) is 0 Å². The summed E-state index contributed by atoms with van der Waals surface area (Å²) in [5, 5.41) is 0. The second-order valence-electron chi connectivity index (χ2n) is 7.27. The van der Waals surface area contributed by atoms with Gasteiger partial charge in [-0.15, -0.1) is 0 Å². The van der Waals surface area contributed by atoms with Crippen LogP contribution in [0.3, 0.4) is 0 Å². The van der Waals surface area contributed by atoms with Crippen molar-refractivity contribution in [2.75, 3.05) is 13.1 Å². The van der Waals surface area contributed by atoms with Crippen LogP contribution in [0.25, 0.3) is 0 Å². The number of unbranched alkanes of at least 4 members (excludes halogenated alkanes) is 1. The average Bonchev–Trinajstić information content (AvgIpc) is 2.67. The predicted octanol–water partition coefficient (Wildman–Crippen LogP) is 4.86. The smallest absolute Gasteiger partial charge is 0.212 e. The summed E-state index contributed by atoms with van der Waals surface area (Å²) in [6, 6.07) is 7.28. The molecule has 0 N–H and O–H groups in total. The quantitative estimate of drug-likeness (QED) is 0.664. The Morgan fingerprint density at radius 2 is 1.85 bits per heavy atom. The zero-order valence-electron chi connectivity index (χ0n) is 15.4. The highest BCUT2D eigenvalue weighted by Gasteiger charge is 2.33. The van der Waals surface area contributed by atoms with Crippen molar-refractivity contribution in [1.82, 2.24) is 4.31 Å². The molecule has 0 radical (unpaired) electrons. The van der Waals surface area contributed by atoms with Crippen LogP contribution in [0, 0.1) is 11.8 Å². The number of allylic oxidation sites excluding steroid dienone is 4. The lowest BCUT2D eigenvalue weighted by Crippen LogP contribution is -2.40. The summed E-state index contributed by atoms with van der Waals surface area (Å²) < 4.78 is 41.4. The molecule has 1 fully saturated rings. The Labute approximate surface area is 156 Å². The lowest BCUT2D eigenvalue weighted by molar-refractivity contribution is 0.231. The first-order valence-electron chi connectivity index (χ1n) is 9.63. The van der Waals surface area contributed by atoms with Gasteiger partial charge >= 0.3 is 0 Å². The Balaban J connectivity index is 1.63. The minimum absolute atomic E-state index is 0.0588. The number of hydrogen-bond acceptors (Lipinski definition) is 2. The molecule has 0 spiro atoms. The summed E-state index contributed by atoms with van der Waals surface area (Å²) in [5.74, 6) is -0.0476. The number of sulfonamides is 1. The zero-order valence-corrected chi connectivity index (χ0v) is 16.2. The van der Waals surface area contributed by atoms with Gasteiger partial charge in [-0.1, -0.05) is 37.6 Å². The van der Waals surface area contributed by atoms with Crippen molar-refractivity contribution in [1.29, 1.82) is 0 Å². The van der Waals surface area contributed by atoms with Crippen LogP contribution in [-0.2, 0) is 16.4 Å². The fourth-order valence-corrected chi connectivity index (χ4v) is 5.32. The fraction of sp³-hybridized carbons (Fsp3) is 0.524. The van der Waals surface area contributed by atoms with Crippen molar-refractivity contribution in [2.24, 2.45) is 11.8 Å². The van der Waals surface area contributed by atoms with Gasteiger partial charge in [0, 0.05) is 19.0 Å². The van der Waals surface area contributed by atoms with E-state index in [0.717, 1.165) is 19.3 Å². The van der Waals surface area contributed by atoms with Crippen molar-refractivity contribution in [3.8, 4) is 0 Å². The van der Waals surface area contributed by atoms with Crippen LogP contribution in [0.1, 0.15) is 44.6 Å². The van der Waals surface area contributed by atoms with E-state index in [-0.39, 0.29) is 17.7 Å². The summed E-state index contributed by atoms with van der Waals surface area (Å²) in [5.41, 5.74) is 1.18. The van der Waals surface area contributed by atoms with Crippen LogP contribution >= 0.6 is 0 Å². The van der Waals surface area contributed by atoms with Gasteiger partial charge in [0.05, 0.1) is 4.90 Å². The normalized spacial score (nSPS) is 22.4. The Kier molecular flexibility index (Phi) is 6.30. The molecule has 1 heterocycles. The molecule has 0 aromatic heterocycles. The van der Waals surface area contributed by atoms with Crippen LogP contribution in [0.2, 0.25) is 0 Å². The molecular formula is C21H28FNO2S. The molecule has 26 heavy (non-hydrogen) atoms. The van der Waals surface area contributed by atoms with E-state index in [2.05, 4.69) is 6.92 Å². The van der Waals surface area contributed by atoms with Crippen LogP contribution in [0.5, 0.6) is 0 Å². The van der Waals surface area contributed by atoms with Crippen molar-refractivity contribution in [3.05, 3.63) is 53.9 Å². The van der Waals surface area contributed by atoms with E-state index in [1.807, 2.05) is 24.3 Å². The van der Waals surface area contributed by atoms with Crippen LogP contribution in [0.15, 0.2) is 53.2 Å². The second kappa shape index (κ2) is 8.49. The summed E-state index contributed by atoms with van der Waals surface area (Å²) >= 11 is 0. The highest BCUT2D eigenvalue weighted by molar-refractivity contribution is 7.89. The number of rotatable bonds is 6. The maximum absolute atomic E-state index is 14.0. The summed E-state index contributed by atoms with van der Waals surface area (Å²) in [6.07, 6.45) is 10.8. The van der Waals surface area contributed by atoms with Gasteiger partial charge in [0.25, 0.3) is 0 Å². The number of halogens is 1. The maximum Gasteiger partial charge on any atom is 0.243 e. The number of benzene rings is 1. The molecule has 1 aliphatic carbocycles. The van der Waals surface area contributed by atoms with E-state index < -0.39 is 10.0 Å². The molecule has 1 aromatic rings. The molecule has 1 atom stereocenters. The van der Waals surface area contributed by atoms with E-state index in [1.165, 1.54) is 5.56 Å². The number of piperidine rings is 1. The minimum Gasteiger partial charge on any atom is -0.212 e. The van der Waals surface area contributed by atoms with Gasteiger partial charge in [0.1, 0.15) is 5.83 Å². The fourth-order valence-electron chi connectivity index (χ4n) is 3.85. The number of hydrogen-bond donors (Lipinski definition) is 0. The Bertz CT molecular complexity index is 760. The lowest BCUT2D eigenvalue weighted by atomic mass is 9.82. The Morgan fingerprint density at radius 1 is 1.15 bits per heavy atom. The first kappa shape index (κ1) is 19.3. The molecule has 3 rings (SSSR count). The summed E-state index contributed by atoms with van der Waals surface area (Å²) in [6.45, 7) is 3.07.